The molecule has 3 aromatic rings. The molecular weight excluding hydrogens is 527 g/mol. The molecule has 0 aliphatic carbocycles. The van der Waals surface area contributed by atoms with Gasteiger partial charge in [0, 0.05) is 6.42 Å². The molecule has 216 valence electrons. The zero-order valence-electron chi connectivity index (χ0n) is 23.1. The number of benzene rings is 3. The van der Waals surface area contributed by atoms with Crippen LogP contribution in [0.15, 0.2) is 78.9 Å². The highest BCUT2D eigenvalue weighted by Gasteiger charge is 2.28. The van der Waals surface area contributed by atoms with Gasteiger partial charge < -0.3 is 19.5 Å². The summed E-state index contributed by atoms with van der Waals surface area (Å²) in [6, 6.07) is 21.5. The van der Waals surface area contributed by atoms with Crippen LogP contribution in [0.1, 0.15) is 24.0 Å². The van der Waals surface area contributed by atoms with Crippen LogP contribution in [0, 0.1) is 11.7 Å². The van der Waals surface area contributed by atoms with Crippen molar-refractivity contribution >= 4 is 17.7 Å². The number of hydrogen-bond donors (Lipinski definition) is 1. The first-order valence-corrected chi connectivity index (χ1v) is 13.7. The van der Waals surface area contributed by atoms with Crippen LogP contribution in [0.5, 0.6) is 11.5 Å². The maximum Gasteiger partial charge on any atom is 0.308 e. The number of rotatable bonds is 13. The molecule has 9 heteroatoms. The molecule has 41 heavy (non-hydrogen) atoms. The van der Waals surface area contributed by atoms with Crippen molar-refractivity contribution in [3.63, 3.8) is 0 Å². The van der Waals surface area contributed by atoms with Crippen molar-refractivity contribution in [3.05, 3.63) is 95.8 Å². The fraction of sp³-hybridized carbons (Fsp3) is 0.344. The van der Waals surface area contributed by atoms with E-state index in [1.54, 1.807) is 24.3 Å². The summed E-state index contributed by atoms with van der Waals surface area (Å²) >= 11 is 0. The third kappa shape index (κ3) is 9.51. The van der Waals surface area contributed by atoms with Crippen molar-refractivity contribution in [1.82, 2.24) is 10.2 Å². The Hall–Kier alpha value is -4.08. The summed E-state index contributed by atoms with van der Waals surface area (Å²) in [6.07, 6.45) is 1.35. The molecule has 0 saturated carbocycles. The van der Waals surface area contributed by atoms with Crippen molar-refractivity contribution in [2.24, 2.45) is 5.92 Å². The highest BCUT2D eigenvalue weighted by molar-refractivity contribution is 5.91. The van der Waals surface area contributed by atoms with E-state index in [0.29, 0.717) is 44.0 Å². The lowest BCUT2D eigenvalue weighted by Gasteiger charge is -2.30. The van der Waals surface area contributed by atoms with Crippen molar-refractivity contribution in [1.29, 1.82) is 0 Å². The SMILES string of the molecule is COC(=O)C1CCN(CC(=O)N[C@@H](COCc2ccccc2)C(=O)Cc2ccc(Oc3ccc(F)cc3)cc2)CC1. The minimum Gasteiger partial charge on any atom is -0.469 e. The Kier molecular flexibility index (Phi) is 11.0. The molecule has 1 amide bonds. The van der Waals surface area contributed by atoms with Gasteiger partial charge in [0.15, 0.2) is 5.78 Å². The largest absolute Gasteiger partial charge is 0.469 e. The van der Waals surface area contributed by atoms with Gasteiger partial charge in [0.25, 0.3) is 0 Å². The van der Waals surface area contributed by atoms with Crippen molar-refractivity contribution < 1.29 is 33.0 Å². The van der Waals surface area contributed by atoms with Gasteiger partial charge in [-0.05, 0) is 73.5 Å². The Morgan fingerprint density at radius 2 is 1.54 bits per heavy atom. The van der Waals surface area contributed by atoms with Gasteiger partial charge in [-0.1, -0.05) is 42.5 Å². The molecule has 0 bridgehead atoms. The Morgan fingerprint density at radius 3 is 2.17 bits per heavy atom. The molecule has 8 nitrogen and oxygen atoms in total. The number of carbonyl (C=O) groups excluding carboxylic acids is 3. The number of likely N-dealkylation sites (tertiary alicyclic amines) is 1. The number of ketones is 1. The smallest absolute Gasteiger partial charge is 0.308 e. The number of ether oxygens (including phenoxy) is 3. The quantitative estimate of drug-likeness (QED) is 0.310. The van der Waals surface area contributed by atoms with Crippen LogP contribution in [0.25, 0.3) is 0 Å². The topological polar surface area (TPSA) is 94.2 Å². The van der Waals surface area contributed by atoms with Crippen LogP contribution in [0.4, 0.5) is 4.39 Å². The van der Waals surface area contributed by atoms with Gasteiger partial charge in [0.2, 0.25) is 5.91 Å². The number of nitrogens with one attached hydrogen (secondary N) is 1. The molecule has 0 spiro atoms. The zero-order valence-corrected chi connectivity index (χ0v) is 23.1. The second-order valence-corrected chi connectivity index (χ2v) is 10.0. The van der Waals surface area contributed by atoms with Crippen LogP contribution in [-0.2, 0) is 36.9 Å². The maximum atomic E-state index is 13.3. The summed E-state index contributed by atoms with van der Waals surface area (Å²) in [4.78, 5) is 40.0. The van der Waals surface area contributed by atoms with Crippen LogP contribution in [0.2, 0.25) is 0 Å². The number of Topliss-reactive ketones (excluding diaryl/α,β-unsaturated/α-hetero) is 1. The highest BCUT2D eigenvalue weighted by atomic mass is 19.1. The number of piperidine rings is 1. The fourth-order valence-corrected chi connectivity index (χ4v) is 4.66. The molecule has 1 saturated heterocycles. The van der Waals surface area contributed by atoms with Gasteiger partial charge in [-0.3, -0.25) is 19.3 Å². The number of hydrogen-bond acceptors (Lipinski definition) is 7. The van der Waals surface area contributed by atoms with Gasteiger partial charge in [-0.2, -0.15) is 0 Å². The number of carbonyl (C=O) groups is 3. The first-order valence-electron chi connectivity index (χ1n) is 13.7. The number of esters is 1. The number of amides is 1. The number of nitrogens with zero attached hydrogens (tertiary/aromatic N) is 1. The van der Waals surface area contributed by atoms with E-state index in [-0.39, 0.29) is 49.0 Å². The lowest BCUT2D eigenvalue weighted by atomic mass is 9.97. The third-order valence-electron chi connectivity index (χ3n) is 6.96. The van der Waals surface area contributed by atoms with E-state index >= 15 is 0 Å². The fourth-order valence-electron chi connectivity index (χ4n) is 4.66. The van der Waals surface area contributed by atoms with Gasteiger partial charge in [0.1, 0.15) is 23.4 Å². The first-order chi connectivity index (χ1) is 19.9. The minimum atomic E-state index is -0.825. The Bertz CT molecular complexity index is 1280. The standard InChI is InChI=1S/C32H35FN2O6/c1-39-32(38)25-15-17-35(18-16-25)20-31(37)34-29(22-40-21-24-5-3-2-4-6-24)30(36)19-23-7-11-27(12-8-23)41-28-13-9-26(33)10-14-28/h2-14,25,29H,15-22H2,1H3,(H,34,37)/t29-/m0/s1. The molecule has 1 fully saturated rings. The second-order valence-electron chi connectivity index (χ2n) is 10.0. The van der Waals surface area contributed by atoms with Gasteiger partial charge in [0.05, 0.1) is 32.8 Å². The Balaban J connectivity index is 1.33. The van der Waals surface area contributed by atoms with Crippen molar-refractivity contribution in [2.45, 2.75) is 31.9 Å². The van der Waals surface area contributed by atoms with E-state index in [0.717, 1.165) is 11.1 Å². The summed E-state index contributed by atoms with van der Waals surface area (Å²) < 4.78 is 29.5. The molecule has 1 N–H and O–H groups in total. The van der Waals surface area contributed by atoms with E-state index in [9.17, 15) is 18.8 Å². The van der Waals surface area contributed by atoms with E-state index < -0.39 is 6.04 Å². The average Bonchev–Trinajstić information content (AvgIpc) is 2.99. The van der Waals surface area contributed by atoms with Crippen LogP contribution >= 0.6 is 0 Å². The van der Waals surface area contributed by atoms with E-state index in [1.165, 1.54) is 31.4 Å². The normalized spacial score (nSPS) is 14.7. The Morgan fingerprint density at radius 1 is 0.902 bits per heavy atom. The molecule has 0 aromatic heterocycles. The second kappa shape index (κ2) is 15.1. The molecular formula is C32H35FN2O6. The highest BCUT2D eigenvalue weighted by Crippen LogP contribution is 2.22. The summed E-state index contributed by atoms with van der Waals surface area (Å²) in [7, 11) is 1.38. The zero-order chi connectivity index (χ0) is 29.0. The van der Waals surface area contributed by atoms with Crippen molar-refractivity contribution in [2.75, 3.05) is 33.4 Å². The molecule has 1 heterocycles. The predicted octanol–water partition coefficient (Wildman–Crippen LogP) is 4.32. The lowest BCUT2D eigenvalue weighted by molar-refractivity contribution is -0.147. The molecule has 0 unspecified atom stereocenters. The first kappa shape index (κ1) is 29.9. The van der Waals surface area contributed by atoms with Gasteiger partial charge in [-0.15, -0.1) is 0 Å². The van der Waals surface area contributed by atoms with Crippen LogP contribution in [0.3, 0.4) is 0 Å². The van der Waals surface area contributed by atoms with Crippen LogP contribution in [-0.4, -0.2) is 62.0 Å². The summed E-state index contributed by atoms with van der Waals surface area (Å²) in [5.74, 6) is -0.0984. The number of methoxy groups -OCH3 is 1. The van der Waals surface area contributed by atoms with E-state index in [2.05, 4.69) is 5.32 Å². The molecule has 1 aliphatic heterocycles. The van der Waals surface area contributed by atoms with E-state index in [1.807, 2.05) is 35.2 Å². The summed E-state index contributed by atoms with van der Waals surface area (Å²) in [5, 5.41) is 2.86. The molecule has 1 aliphatic rings. The van der Waals surface area contributed by atoms with Gasteiger partial charge in [-0.25, -0.2) is 4.39 Å². The summed E-state index contributed by atoms with van der Waals surface area (Å²) in [6.45, 7) is 1.68. The predicted molar refractivity (Wildman–Crippen MR) is 151 cm³/mol. The maximum absolute atomic E-state index is 13.3. The molecule has 0 radical (unpaired) electrons. The van der Waals surface area contributed by atoms with Crippen LogP contribution < -0.4 is 10.1 Å². The third-order valence-corrected chi connectivity index (χ3v) is 6.96. The average molecular weight is 563 g/mol. The molecule has 3 aromatic carbocycles. The monoisotopic (exact) mass is 562 g/mol. The lowest BCUT2D eigenvalue weighted by Crippen LogP contribution is -2.49. The summed E-state index contributed by atoms with van der Waals surface area (Å²) in [5.41, 5.74) is 1.73. The minimum absolute atomic E-state index is 0.0373. The Labute approximate surface area is 239 Å². The molecule has 1 atom stereocenters. The van der Waals surface area contributed by atoms with Gasteiger partial charge >= 0.3 is 5.97 Å². The van der Waals surface area contributed by atoms with E-state index in [4.69, 9.17) is 14.2 Å². The number of halogens is 1. The van der Waals surface area contributed by atoms with Crippen molar-refractivity contribution in [3.8, 4) is 11.5 Å². The molecule has 4 rings (SSSR count).